The average Bonchev–Trinajstić information content (AvgIpc) is 2.57. The second kappa shape index (κ2) is 3.25. The van der Waals surface area contributed by atoms with Gasteiger partial charge in [0.1, 0.15) is 5.75 Å². The van der Waals surface area contributed by atoms with Crippen molar-refractivity contribution in [1.82, 2.24) is 4.98 Å². The normalized spacial score (nSPS) is 14.0. The molecule has 1 aliphatic carbocycles. The summed E-state index contributed by atoms with van der Waals surface area (Å²) >= 11 is 0. The number of nitro groups is 1. The van der Waals surface area contributed by atoms with E-state index in [1.807, 2.05) is 0 Å². The maximum atomic E-state index is 10.4. The summed E-state index contributed by atoms with van der Waals surface area (Å²) in [5.41, 5.74) is 2.22. The molecule has 0 unspecified atom stereocenters. The molecule has 0 radical (unpaired) electrons. The van der Waals surface area contributed by atoms with E-state index in [4.69, 9.17) is 0 Å². The van der Waals surface area contributed by atoms with Crippen LogP contribution < -0.4 is 0 Å². The molecular weight excluding hydrogens is 184 g/mol. The van der Waals surface area contributed by atoms with Gasteiger partial charge in [0.15, 0.2) is 0 Å². The van der Waals surface area contributed by atoms with Gasteiger partial charge in [0.2, 0.25) is 6.54 Å². The molecule has 74 valence electrons. The lowest BCUT2D eigenvalue weighted by atomic mass is 10.1. The van der Waals surface area contributed by atoms with Crippen molar-refractivity contribution in [1.29, 1.82) is 0 Å². The van der Waals surface area contributed by atoms with E-state index in [9.17, 15) is 15.2 Å². The van der Waals surface area contributed by atoms with E-state index in [1.54, 1.807) is 0 Å². The molecule has 1 aromatic heterocycles. The van der Waals surface area contributed by atoms with Crippen molar-refractivity contribution in [3.63, 3.8) is 0 Å². The van der Waals surface area contributed by atoms with Crippen LogP contribution in [0.3, 0.4) is 0 Å². The number of pyridine rings is 1. The van der Waals surface area contributed by atoms with Crippen LogP contribution in [0.2, 0.25) is 0 Å². The van der Waals surface area contributed by atoms with Crippen molar-refractivity contribution in [2.24, 2.45) is 0 Å². The molecule has 1 heterocycles. The van der Waals surface area contributed by atoms with Crippen LogP contribution in [-0.2, 0) is 19.4 Å². The predicted octanol–water partition coefficient (Wildman–Crippen LogP) is 1.05. The average molecular weight is 194 g/mol. The first-order valence-corrected chi connectivity index (χ1v) is 4.49. The number of hydrogen-bond acceptors (Lipinski definition) is 4. The molecule has 0 aliphatic heterocycles. The zero-order valence-corrected chi connectivity index (χ0v) is 7.56. The molecular formula is C9H10N2O3. The van der Waals surface area contributed by atoms with Crippen molar-refractivity contribution in [3.05, 3.63) is 33.1 Å². The Labute approximate surface area is 80.6 Å². The largest absolute Gasteiger partial charge is 0.506 e. The number of aromatic nitrogens is 1. The summed E-state index contributed by atoms with van der Waals surface area (Å²) in [6.45, 7) is -0.309. The van der Waals surface area contributed by atoms with E-state index in [2.05, 4.69) is 4.98 Å². The molecule has 5 nitrogen and oxygen atoms in total. The van der Waals surface area contributed by atoms with Gasteiger partial charge >= 0.3 is 0 Å². The molecule has 0 atom stereocenters. The van der Waals surface area contributed by atoms with Gasteiger partial charge in [-0.15, -0.1) is 0 Å². The van der Waals surface area contributed by atoms with Crippen LogP contribution >= 0.6 is 0 Å². The molecule has 1 N–H and O–H groups in total. The van der Waals surface area contributed by atoms with Crippen LogP contribution in [0.15, 0.2) is 6.20 Å². The summed E-state index contributed by atoms with van der Waals surface area (Å²) in [5.74, 6) is -0.0534. The molecule has 0 amide bonds. The van der Waals surface area contributed by atoms with Crippen LogP contribution in [0, 0.1) is 10.1 Å². The number of rotatable bonds is 2. The van der Waals surface area contributed by atoms with E-state index < -0.39 is 4.92 Å². The zero-order chi connectivity index (χ0) is 10.1. The lowest BCUT2D eigenvalue weighted by molar-refractivity contribution is -0.497. The molecule has 0 saturated carbocycles. The summed E-state index contributed by atoms with van der Waals surface area (Å²) in [6.07, 6.45) is 3.93. The number of aromatic hydroxyl groups is 1. The number of fused-ring (bicyclic) bond motifs is 1. The molecule has 1 aromatic rings. The van der Waals surface area contributed by atoms with Crippen LogP contribution in [0.1, 0.15) is 23.2 Å². The minimum atomic E-state index is -0.423. The van der Waals surface area contributed by atoms with Crippen LogP contribution in [-0.4, -0.2) is 15.0 Å². The van der Waals surface area contributed by atoms with Gasteiger partial charge in [-0.1, -0.05) is 0 Å². The molecule has 5 heteroatoms. The summed E-state index contributed by atoms with van der Waals surface area (Å²) in [5, 5.41) is 19.9. The third-order valence-corrected chi connectivity index (χ3v) is 2.49. The minimum Gasteiger partial charge on any atom is -0.506 e. The Balaban J connectivity index is 2.46. The lowest BCUT2D eigenvalue weighted by Crippen LogP contribution is -2.03. The SMILES string of the molecule is O=[N+]([O-])Cc1c(O)cnc2c1CCC2. The first kappa shape index (κ1) is 8.93. The Morgan fingerprint density at radius 1 is 1.57 bits per heavy atom. The summed E-state index contributed by atoms with van der Waals surface area (Å²) in [6, 6.07) is 0. The first-order valence-electron chi connectivity index (χ1n) is 4.49. The summed E-state index contributed by atoms with van der Waals surface area (Å²) < 4.78 is 0. The van der Waals surface area contributed by atoms with Gasteiger partial charge in [-0.3, -0.25) is 15.1 Å². The Kier molecular flexibility index (Phi) is 2.07. The van der Waals surface area contributed by atoms with E-state index in [0.717, 1.165) is 30.5 Å². The molecule has 0 fully saturated rings. The lowest BCUT2D eigenvalue weighted by Gasteiger charge is -2.05. The topological polar surface area (TPSA) is 76.3 Å². The second-order valence-electron chi connectivity index (χ2n) is 3.39. The van der Waals surface area contributed by atoms with Crippen LogP contribution in [0.4, 0.5) is 0 Å². The number of aryl methyl sites for hydroxylation is 1. The van der Waals surface area contributed by atoms with Gasteiger partial charge in [-0.25, -0.2) is 0 Å². The van der Waals surface area contributed by atoms with Crippen molar-refractivity contribution in [2.45, 2.75) is 25.8 Å². The third kappa shape index (κ3) is 1.41. The molecule has 1 aliphatic rings. The smallest absolute Gasteiger partial charge is 0.232 e. The van der Waals surface area contributed by atoms with Gasteiger partial charge in [-0.2, -0.15) is 0 Å². The van der Waals surface area contributed by atoms with Gasteiger partial charge in [0.05, 0.1) is 11.8 Å². The summed E-state index contributed by atoms with van der Waals surface area (Å²) in [7, 11) is 0. The highest BCUT2D eigenvalue weighted by molar-refractivity contribution is 5.41. The van der Waals surface area contributed by atoms with E-state index in [0.29, 0.717) is 5.56 Å². The van der Waals surface area contributed by atoms with Crippen molar-refractivity contribution in [2.75, 3.05) is 0 Å². The highest BCUT2D eigenvalue weighted by atomic mass is 16.6. The Bertz CT molecular complexity index is 390. The molecule has 0 aromatic carbocycles. The zero-order valence-electron chi connectivity index (χ0n) is 7.56. The van der Waals surface area contributed by atoms with Gasteiger partial charge < -0.3 is 5.11 Å². The summed E-state index contributed by atoms with van der Waals surface area (Å²) in [4.78, 5) is 14.0. The Hall–Kier alpha value is -1.65. The molecule has 14 heavy (non-hydrogen) atoms. The predicted molar refractivity (Wildman–Crippen MR) is 48.6 cm³/mol. The van der Waals surface area contributed by atoms with E-state index >= 15 is 0 Å². The fourth-order valence-electron chi connectivity index (χ4n) is 1.87. The monoisotopic (exact) mass is 194 g/mol. The van der Waals surface area contributed by atoms with Crippen molar-refractivity contribution < 1.29 is 10.0 Å². The van der Waals surface area contributed by atoms with Gasteiger partial charge in [-0.05, 0) is 24.8 Å². The Morgan fingerprint density at radius 3 is 3.07 bits per heavy atom. The number of nitrogens with zero attached hydrogens (tertiary/aromatic N) is 2. The molecule has 0 bridgehead atoms. The van der Waals surface area contributed by atoms with Gasteiger partial charge in [0.25, 0.3) is 0 Å². The number of hydrogen-bond donors (Lipinski definition) is 1. The highest BCUT2D eigenvalue weighted by Crippen LogP contribution is 2.29. The quantitative estimate of drug-likeness (QED) is 0.564. The molecule has 0 saturated heterocycles. The standard InChI is InChI=1S/C9H10N2O3/c12-9-4-10-8-3-1-2-6(8)7(9)5-11(13)14/h4,12H,1-3,5H2. The third-order valence-electron chi connectivity index (χ3n) is 2.49. The maximum Gasteiger partial charge on any atom is 0.232 e. The van der Waals surface area contributed by atoms with E-state index in [-0.39, 0.29) is 12.3 Å². The first-order chi connectivity index (χ1) is 6.68. The maximum absolute atomic E-state index is 10.4. The minimum absolute atomic E-state index is 0.0534. The van der Waals surface area contributed by atoms with Crippen LogP contribution in [0.5, 0.6) is 5.75 Å². The fraction of sp³-hybridized carbons (Fsp3) is 0.444. The van der Waals surface area contributed by atoms with Crippen molar-refractivity contribution in [3.8, 4) is 5.75 Å². The van der Waals surface area contributed by atoms with Gasteiger partial charge in [0, 0.05) is 10.6 Å². The molecule has 2 rings (SSSR count). The van der Waals surface area contributed by atoms with E-state index in [1.165, 1.54) is 6.20 Å². The highest BCUT2D eigenvalue weighted by Gasteiger charge is 2.21. The Morgan fingerprint density at radius 2 is 2.36 bits per heavy atom. The van der Waals surface area contributed by atoms with Crippen molar-refractivity contribution >= 4 is 0 Å². The molecule has 0 spiro atoms. The second-order valence-corrected chi connectivity index (χ2v) is 3.39. The fourth-order valence-corrected chi connectivity index (χ4v) is 1.87. The van der Waals surface area contributed by atoms with Crippen LogP contribution in [0.25, 0.3) is 0 Å².